The predicted molar refractivity (Wildman–Crippen MR) is 69.6 cm³/mol. The van der Waals surface area contributed by atoms with Gasteiger partial charge in [0.1, 0.15) is 11.6 Å². The van der Waals surface area contributed by atoms with E-state index in [9.17, 15) is 0 Å². The van der Waals surface area contributed by atoms with Gasteiger partial charge < -0.3 is 10.1 Å². The predicted octanol–water partition coefficient (Wildman–Crippen LogP) is 2.03. The van der Waals surface area contributed by atoms with Crippen molar-refractivity contribution in [2.24, 2.45) is 4.99 Å². The number of aliphatic imine (C=N–C) groups is 1. The maximum atomic E-state index is 5.42. The molecule has 3 rings (SSSR count). The summed E-state index contributed by atoms with van der Waals surface area (Å²) in [5, 5.41) is 3.34. The zero-order chi connectivity index (χ0) is 11.7. The van der Waals surface area contributed by atoms with Gasteiger partial charge >= 0.3 is 0 Å². The molecule has 3 nitrogen and oxygen atoms in total. The Bertz CT molecular complexity index is 503. The topological polar surface area (TPSA) is 33.6 Å². The number of nitrogens with one attached hydrogen (secondary N) is 1. The Morgan fingerprint density at radius 2 is 2.24 bits per heavy atom. The first-order valence-electron chi connectivity index (χ1n) is 6.03. The van der Waals surface area contributed by atoms with Gasteiger partial charge in [0, 0.05) is 12.1 Å². The molecule has 88 valence electrons. The molecule has 0 radical (unpaired) electrons. The molecular weight excluding hydrogens is 212 g/mol. The molecule has 0 saturated heterocycles. The molecule has 1 aliphatic carbocycles. The summed E-state index contributed by atoms with van der Waals surface area (Å²) in [4.78, 5) is 4.48. The third kappa shape index (κ3) is 1.82. The Kier molecular flexibility index (Phi) is 2.59. The van der Waals surface area contributed by atoms with Crippen LogP contribution >= 0.6 is 0 Å². The van der Waals surface area contributed by atoms with E-state index in [1.54, 1.807) is 7.11 Å². The van der Waals surface area contributed by atoms with E-state index in [1.807, 2.05) is 6.07 Å². The number of fused-ring (bicyclic) bond motifs is 1. The van der Waals surface area contributed by atoms with Gasteiger partial charge in [-0.15, -0.1) is 0 Å². The minimum Gasteiger partial charge on any atom is -0.496 e. The first-order valence-corrected chi connectivity index (χ1v) is 6.03. The summed E-state index contributed by atoms with van der Waals surface area (Å²) >= 11 is 0. The number of amidine groups is 1. The van der Waals surface area contributed by atoms with Gasteiger partial charge in [0.2, 0.25) is 0 Å². The molecule has 1 aromatic carbocycles. The lowest BCUT2D eigenvalue weighted by molar-refractivity contribution is 0.413. The van der Waals surface area contributed by atoms with E-state index >= 15 is 0 Å². The van der Waals surface area contributed by atoms with Gasteiger partial charge in [-0.3, -0.25) is 4.99 Å². The van der Waals surface area contributed by atoms with Crippen molar-refractivity contribution in [2.45, 2.75) is 12.8 Å². The van der Waals surface area contributed by atoms with Gasteiger partial charge in [0.05, 0.1) is 13.7 Å². The number of ether oxygens (including phenoxy) is 1. The molecule has 2 aliphatic rings. The fourth-order valence-corrected chi connectivity index (χ4v) is 2.46. The molecule has 0 amide bonds. The van der Waals surface area contributed by atoms with Crippen LogP contribution in [0.15, 0.2) is 28.8 Å². The quantitative estimate of drug-likeness (QED) is 0.840. The Balaban J connectivity index is 2.03. The summed E-state index contributed by atoms with van der Waals surface area (Å²) in [6.45, 7) is 1.86. The normalized spacial score (nSPS) is 17.9. The van der Waals surface area contributed by atoms with Gasteiger partial charge in [-0.1, -0.05) is 12.1 Å². The third-order valence-electron chi connectivity index (χ3n) is 3.34. The molecule has 0 spiro atoms. The lowest BCUT2D eigenvalue weighted by atomic mass is 9.91. The van der Waals surface area contributed by atoms with Gasteiger partial charge in [0.15, 0.2) is 0 Å². The van der Waals surface area contributed by atoms with E-state index in [0.29, 0.717) is 0 Å². The van der Waals surface area contributed by atoms with E-state index in [0.717, 1.165) is 37.5 Å². The van der Waals surface area contributed by atoms with Crippen LogP contribution in [-0.4, -0.2) is 26.0 Å². The molecule has 0 atom stereocenters. The number of hydrogen-bond acceptors (Lipinski definition) is 3. The zero-order valence-corrected chi connectivity index (χ0v) is 9.99. The van der Waals surface area contributed by atoms with Crippen LogP contribution in [0.2, 0.25) is 0 Å². The van der Waals surface area contributed by atoms with Crippen molar-refractivity contribution >= 4 is 11.9 Å². The number of benzene rings is 1. The maximum absolute atomic E-state index is 5.42. The van der Waals surface area contributed by atoms with Crippen molar-refractivity contribution in [2.75, 3.05) is 20.2 Å². The van der Waals surface area contributed by atoms with Crippen molar-refractivity contribution < 1.29 is 4.74 Å². The summed E-state index contributed by atoms with van der Waals surface area (Å²) < 4.78 is 5.42. The molecule has 17 heavy (non-hydrogen) atoms. The Morgan fingerprint density at radius 1 is 1.29 bits per heavy atom. The molecule has 0 bridgehead atoms. The lowest BCUT2D eigenvalue weighted by Gasteiger charge is -2.18. The van der Waals surface area contributed by atoms with Crippen LogP contribution in [-0.2, 0) is 6.42 Å². The maximum Gasteiger partial charge on any atom is 0.126 e. The molecule has 1 aromatic rings. The van der Waals surface area contributed by atoms with Crippen LogP contribution in [0.5, 0.6) is 5.75 Å². The second-order valence-corrected chi connectivity index (χ2v) is 4.36. The Hall–Kier alpha value is -1.77. The van der Waals surface area contributed by atoms with E-state index in [4.69, 9.17) is 4.74 Å². The number of rotatable bonds is 2. The van der Waals surface area contributed by atoms with Crippen molar-refractivity contribution in [1.29, 1.82) is 0 Å². The molecule has 1 heterocycles. The zero-order valence-electron chi connectivity index (χ0n) is 9.99. The molecule has 0 fully saturated rings. The highest BCUT2D eigenvalue weighted by atomic mass is 16.5. The molecule has 1 N–H and O–H groups in total. The Morgan fingerprint density at radius 3 is 3.00 bits per heavy atom. The van der Waals surface area contributed by atoms with Gasteiger partial charge in [-0.25, -0.2) is 0 Å². The number of nitrogens with zero attached hydrogens (tertiary/aromatic N) is 1. The van der Waals surface area contributed by atoms with E-state index in [1.165, 1.54) is 16.7 Å². The minimum absolute atomic E-state index is 0.894. The average Bonchev–Trinajstić information content (AvgIpc) is 2.91. The van der Waals surface area contributed by atoms with E-state index in [-0.39, 0.29) is 0 Å². The average molecular weight is 228 g/mol. The van der Waals surface area contributed by atoms with Crippen LogP contribution in [0.25, 0.3) is 6.08 Å². The second kappa shape index (κ2) is 4.24. The summed E-state index contributed by atoms with van der Waals surface area (Å²) in [6, 6.07) is 6.25. The van der Waals surface area contributed by atoms with Gasteiger partial charge in [-0.05, 0) is 36.1 Å². The molecule has 0 aromatic heterocycles. The smallest absolute Gasteiger partial charge is 0.126 e. The standard InChI is InChI=1S/C14H16N2O/c1-17-13-4-2-3-10-5-6-11(9-12(10)13)14-15-7-8-16-14/h2-4,9H,5-8H2,1H3,(H,15,16). The van der Waals surface area contributed by atoms with E-state index < -0.39 is 0 Å². The fourth-order valence-electron chi connectivity index (χ4n) is 2.46. The highest BCUT2D eigenvalue weighted by molar-refractivity contribution is 6.03. The SMILES string of the molecule is COc1cccc2c1C=C(C1=NCCN1)CC2. The second-order valence-electron chi connectivity index (χ2n) is 4.36. The third-order valence-corrected chi connectivity index (χ3v) is 3.34. The molecule has 0 unspecified atom stereocenters. The molecule has 1 aliphatic heterocycles. The Labute approximate surface area is 101 Å². The first-order chi connectivity index (χ1) is 8.38. The van der Waals surface area contributed by atoms with Gasteiger partial charge in [-0.2, -0.15) is 0 Å². The highest BCUT2D eigenvalue weighted by Crippen LogP contribution is 2.31. The van der Waals surface area contributed by atoms with Crippen LogP contribution < -0.4 is 10.1 Å². The van der Waals surface area contributed by atoms with Crippen LogP contribution in [0.1, 0.15) is 17.5 Å². The first kappa shape index (κ1) is 10.4. The summed E-state index contributed by atoms with van der Waals surface area (Å²) in [6.07, 6.45) is 4.35. The molecule has 3 heteroatoms. The van der Waals surface area contributed by atoms with Crippen molar-refractivity contribution in [3.8, 4) is 5.75 Å². The largest absolute Gasteiger partial charge is 0.496 e. The van der Waals surface area contributed by atoms with Crippen molar-refractivity contribution in [3.63, 3.8) is 0 Å². The summed E-state index contributed by atoms with van der Waals surface area (Å²) in [5.74, 6) is 2.03. The minimum atomic E-state index is 0.894. The van der Waals surface area contributed by atoms with E-state index in [2.05, 4.69) is 28.5 Å². The van der Waals surface area contributed by atoms with Crippen LogP contribution in [0.4, 0.5) is 0 Å². The molecular formula is C14H16N2O. The van der Waals surface area contributed by atoms with Crippen LogP contribution in [0.3, 0.4) is 0 Å². The van der Waals surface area contributed by atoms with Gasteiger partial charge in [0.25, 0.3) is 0 Å². The van der Waals surface area contributed by atoms with Crippen molar-refractivity contribution in [3.05, 3.63) is 34.9 Å². The van der Waals surface area contributed by atoms with Crippen molar-refractivity contribution in [1.82, 2.24) is 5.32 Å². The highest BCUT2D eigenvalue weighted by Gasteiger charge is 2.18. The molecule has 0 saturated carbocycles. The lowest BCUT2D eigenvalue weighted by Crippen LogP contribution is -2.22. The van der Waals surface area contributed by atoms with Crippen LogP contribution in [0, 0.1) is 0 Å². The fraction of sp³-hybridized carbons (Fsp3) is 0.357. The number of methoxy groups -OCH3 is 1. The number of hydrogen-bond donors (Lipinski definition) is 1. The summed E-state index contributed by atoms with van der Waals surface area (Å²) in [5.41, 5.74) is 3.89. The summed E-state index contributed by atoms with van der Waals surface area (Å²) in [7, 11) is 1.73. The monoisotopic (exact) mass is 228 g/mol. The number of aryl methyl sites for hydroxylation is 1.